The summed E-state index contributed by atoms with van der Waals surface area (Å²) < 4.78 is 0. The number of aromatic amines is 2. The smallest absolute Gasteiger partial charge is 0.326 e. The predicted octanol–water partition coefficient (Wildman–Crippen LogP) is -0.861. The van der Waals surface area contributed by atoms with E-state index in [0.29, 0.717) is 12.3 Å². The summed E-state index contributed by atoms with van der Waals surface area (Å²) in [5.41, 5.74) is 8.41. The number of hydrogen-bond donors (Lipinski definition) is 5. The maximum absolute atomic E-state index is 12.2. The molecule has 20 heavy (non-hydrogen) atoms. The topological polar surface area (TPSA) is 147 Å². The van der Waals surface area contributed by atoms with Crippen LogP contribution in [0, 0.1) is 5.92 Å². The molecule has 8 nitrogen and oxygen atoms in total. The van der Waals surface area contributed by atoms with Crippen LogP contribution in [0.25, 0.3) is 0 Å². The first-order valence-corrected chi connectivity index (χ1v) is 6.33. The number of nitrogens with two attached hydrogens (primary N) is 2. The van der Waals surface area contributed by atoms with Crippen molar-refractivity contribution in [1.82, 2.24) is 15.3 Å². The molecular weight excluding hydrogens is 262 g/mol. The highest BCUT2D eigenvalue weighted by molar-refractivity contribution is 5.97. The summed E-state index contributed by atoms with van der Waals surface area (Å²) in [7, 11) is 0. The first kappa shape index (κ1) is 16.0. The van der Waals surface area contributed by atoms with Crippen LogP contribution in [0.2, 0.25) is 0 Å². The molecule has 1 rings (SSSR count). The van der Waals surface area contributed by atoms with Gasteiger partial charge in [0.2, 0.25) is 0 Å². The van der Waals surface area contributed by atoms with Crippen LogP contribution in [0.5, 0.6) is 0 Å². The minimum absolute atomic E-state index is 0.226. The van der Waals surface area contributed by atoms with Crippen molar-refractivity contribution in [3.8, 4) is 0 Å². The number of nitrogen functional groups attached to an aromatic ring is 1. The summed E-state index contributed by atoms with van der Waals surface area (Å²) in [5, 5.41) is 2.72. The molecule has 0 saturated carbocycles. The molecule has 8 heteroatoms. The molecule has 0 saturated heterocycles. The van der Waals surface area contributed by atoms with Crippen molar-refractivity contribution in [3.63, 3.8) is 0 Å². The zero-order chi connectivity index (χ0) is 15.5. The van der Waals surface area contributed by atoms with Gasteiger partial charge in [0, 0.05) is 6.54 Å². The molecule has 0 aliphatic heterocycles. The minimum Gasteiger partial charge on any atom is -0.392 e. The van der Waals surface area contributed by atoms with Crippen molar-refractivity contribution in [1.29, 1.82) is 0 Å². The summed E-state index contributed by atoms with van der Waals surface area (Å²) in [6, 6.07) is 0. The highest BCUT2D eigenvalue weighted by Gasteiger charge is 2.27. The van der Waals surface area contributed by atoms with Gasteiger partial charge in [0.15, 0.2) is 0 Å². The molecule has 0 fully saturated rings. The summed E-state index contributed by atoms with van der Waals surface area (Å²) in [6.07, 6.45) is 0.655. The Kier molecular flexibility index (Phi) is 4.72. The number of hydrogen-bond acceptors (Lipinski definition) is 5. The minimum atomic E-state index is -0.794. The average molecular weight is 283 g/mol. The first-order chi connectivity index (χ1) is 9.18. The number of rotatable bonds is 5. The second-order valence-corrected chi connectivity index (χ2v) is 5.51. The van der Waals surface area contributed by atoms with Gasteiger partial charge in [-0.25, -0.2) is 4.79 Å². The lowest BCUT2D eigenvalue weighted by Gasteiger charge is -2.31. The molecule has 0 bridgehead atoms. The van der Waals surface area contributed by atoms with Crippen LogP contribution >= 0.6 is 0 Å². The van der Waals surface area contributed by atoms with Gasteiger partial charge in [0.25, 0.3) is 11.5 Å². The van der Waals surface area contributed by atoms with Crippen molar-refractivity contribution < 1.29 is 4.79 Å². The molecule has 0 spiro atoms. The van der Waals surface area contributed by atoms with Gasteiger partial charge in [0.1, 0.15) is 11.4 Å². The van der Waals surface area contributed by atoms with E-state index in [1.54, 1.807) is 6.92 Å². The van der Waals surface area contributed by atoms with Crippen LogP contribution < -0.4 is 28.0 Å². The molecule has 112 valence electrons. The summed E-state index contributed by atoms with van der Waals surface area (Å²) in [6.45, 7) is 6.03. The van der Waals surface area contributed by atoms with Crippen LogP contribution in [-0.4, -0.2) is 28.0 Å². The van der Waals surface area contributed by atoms with Crippen LogP contribution in [0.3, 0.4) is 0 Å². The van der Waals surface area contributed by atoms with Gasteiger partial charge >= 0.3 is 5.69 Å². The first-order valence-electron chi connectivity index (χ1n) is 6.33. The number of carbonyl (C=O) groups excluding carboxylic acids is 1. The highest BCUT2D eigenvalue weighted by Crippen LogP contribution is 2.16. The number of amides is 1. The van der Waals surface area contributed by atoms with Crippen molar-refractivity contribution in [2.24, 2.45) is 11.7 Å². The van der Waals surface area contributed by atoms with Crippen LogP contribution in [0.1, 0.15) is 37.7 Å². The van der Waals surface area contributed by atoms with E-state index in [0.717, 1.165) is 0 Å². The van der Waals surface area contributed by atoms with Gasteiger partial charge in [-0.2, -0.15) is 0 Å². The van der Waals surface area contributed by atoms with Gasteiger partial charge in [0.05, 0.1) is 5.54 Å². The van der Waals surface area contributed by atoms with Crippen LogP contribution in [-0.2, 0) is 0 Å². The van der Waals surface area contributed by atoms with E-state index < -0.39 is 22.7 Å². The molecule has 1 atom stereocenters. The average Bonchev–Trinajstić information content (AvgIpc) is 2.32. The lowest BCUT2D eigenvalue weighted by atomic mass is 9.90. The Hall–Kier alpha value is -2.09. The molecule has 1 heterocycles. The third kappa shape index (κ3) is 3.70. The predicted molar refractivity (Wildman–Crippen MR) is 76.5 cm³/mol. The van der Waals surface area contributed by atoms with E-state index in [1.807, 2.05) is 18.8 Å². The monoisotopic (exact) mass is 283 g/mol. The Morgan fingerprint density at radius 2 is 1.95 bits per heavy atom. The zero-order valence-corrected chi connectivity index (χ0v) is 11.9. The van der Waals surface area contributed by atoms with Crippen molar-refractivity contribution >= 4 is 11.6 Å². The zero-order valence-electron chi connectivity index (χ0n) is 11.9. The number of anilines is 1. The van der Waals surface area contributed by atoms with Gasteiger partial charge < -0.3 is 21.8 Å². The lowest BCUT2D eigenvalue weighted by molar-refractivity contribution is 0.0893. The second kappa shape index (κ2) is 5.91. The van der Waals surface area contributed by atoms with Crippen molar-refractivity contribution in [2.45, 2.75) is 32.7 Å². The molecule has 0 aromatic carbocycles. The Balaban J connectivity index is 3.08. The highest BCUT2D eigenvalue weighted by atomic mass is 16.2. The molecule has 7 N–H and O–H groups in total. The molecule has 1 amide bonds. The normalized spacial score (nSPS) is 14.1. The summed E-state index contributed by atoms with van der Waals surface area (Å²) in [5.74, 6) is -0.307. The molecule has 0 aliphatic carbocycles. The molecule has 1 unspecified atom stereocenters. The second-order valence-electron chi connectivity index (χ2n) is 5.51. The van der Waals surface area contributed by atoms with Crippen molar-refractivity contribution in [3.05, 3.63) is 26.5 Å². The molecule has 1 aromatic heterocycles. The molecule has 0 radical (unpaired) electrons. The fraction of sp³-hybridized carbons (Fsp3) is 0.583. The van der Waals surface area contributed by atoms with E-state index in [4.69, 9.17) is 11.5 Å². The quantitative estimate of drug-likeness (QED) is 0.477. The Bertz CT molecular complexity index is 604. The molecular formula is C12H21N5O3. The van der Waals surface area contributed by atoms with Gasteiger partial charge in [-0.15, -0.1) is 0 Å². The Labute approximate surface area is 116 Å². The van der Waals surface area contributed by atoms with E-state index >= 15 is 0 Å². The number of H-pyrrole nitrogens is 2. The third-order valence-electron chi connectivity index (χ3n) is 2.93. The van der Waals surface area contributed by atoms with Crippen LogP contribution in [0.15, 0.2) is 9.59 Å². The SMILES string of the molecule is CC(C)CC(C)(CN)NC(=O)c1[nH]c(=O)[nH]c(=O)c1N. The van der Waals surface area contributed by atoms with Crippen LogP contribution in [0.4, 0.5) is 5.69 Å². The Morgan fingerprint density at radius 1 is 1.35 bits per heavy atom. The number of aromatic nitrogens is 2. The molecule has 0 aliphatic rings. The third-order valence-corrected chi connectivity index (χ3v) is 2.93. The Morgan fingerprint density at radius 3 is 2.45 bits per heavy atom. The maximum Gasteiger partial charge on any atom is 0.326 e. The van der Waals surface area contributed by atoms with E-state index in [2.05, 4.69) is 10.3 Å². The number of carbonyl (C=O) groups is 1. The fourth-order valence-electron chi connectivity index (χ4n) is 2.10. The van der Waals surface area contributed by atoms with E-state index in [9.17, 15) is 14.4 Å². The van der Waals surface area contributed by atoms with Gasteiger partial charge in [-0.05, 0) is 19.3 Å². The number of nitrogens with one attached hydrogen (secondary N) is 3. The van der Waals surface area contributed by atoms with Gasteiger partial charge in [-0.3, -0.25) is 14.6 Å². The lowest BCUT2D eigenvalue weighted by Crippen LogP contribution is -2.52. The summed E-state index contributed by atoms with van der Waals surface area (Å²) in [4.78, 5) is 38.9. The van der Waals surface area contributed by atoms with E-state index in [1.165, 1.54) is 0 Å². The largest absolute Gasteiger partial charge is 0.392 e. The maximum atomic E-state index is 12.2. The fourth-order valence-corrected chi connectivity index (χ4v) is 2.10. The van der Waals surface area contributed by atoms with Crippen molar-refractivity contribution in [2.75, 3.05) is 12.3 Å². The summed E-state index contributed by atoms with van der Waals surface area (Å²) >= 11 is 0. The van der Waals surface area contributed by atoms with Gasteiger partial charge in [-0.1, -0.05) is 13.8 Å². The molecule has 1 aromatic rings. The van der Waals surface area contributed by atoms with E-state index in [-0.39, 0.29) is 17.9 Å². The standard InChI is InChI=1S/C12H21N5O3/c1-6(2)4-12(3,5-13)17-10(19)8-7(14)9(18)16-11(20)15-8/h6H,4-5,13-14H2,1-3H3,(H,17,19)(H2,15,16,18,20).